The van der Waals surface area contributed by atoms with Crippen molar-refractivity contribution in [3.05, 3.63) is 35.1 Å². The summed E-state index contributed by atoms with van der Waals surface area (Å²) >= 11 is 0. The van der Waals surface area contributed by atoms with Gasteiger partial charge in [0.15, 0.2) is 0 Å². The number of nitrogens with one attached hydrogen (secondary N) is 1. The number of hydrogen-bond donors (Lipinski definition) is 2. The van der Waals surface area contributed by atoms with Gasteiger partial charge in [0.05, 0.1) is 5.56 Å². The van der Waals surface area contributed by atoms with E-state index in [9.17, 15) is 17.6 Å². The van der Waals surface area contributed by atoms with Crippen molar-refractivity contribution < 1.29 is 17.6 Å². The first-order valence-corrected chi connectivity index (χ1v) is 6.14. The average Bonchev–Trinajstić information content (AvgIpc) is 2.31. The van der Waals surface area contributed by atoms with Crippen molar-refractivity contribution in [2.24, 2.45) is 11.8 Å². The summed E-state index contributed by atoms with van der Waals surface area (Å²) < 4.78 is 51.2. The molecule has 2 nitrogen and oxygen atoms in total. The Balaban J connectivity index is 3.12. The lowest BCUT2D eigenvalue weighted by molar-refractivity contribution is -0.140. The Hall–Kier alpha value is -1.14. The minimum Gasteiger partial charge on any atom is -0.271 e. The van der Waals surface area contributed by atoms with Gasteiger partial charge in [-0.3, -0.25) is 11.3 Å². The fourth-order valence-corrected chi connectivity index (χ4v) is 2.16. The van der Waals surface area contributed by atoms with Crippen LogP contribution in [0.4, 0.5) is 17.6 Å². The molecule has 1 aromatic carbocycles. The highest BCUT2D eigenvalue weighted by molar-refractivity contribution is 5.29. The molecule has 0 aliphatic carbocycles. The second-order valence-electron chi connectivity index (χ2n) is 4.65. The van der Waals surface area contributed by atoms with Gasteiger partial charge in [0, 0.05) is 6.04 Å². The molecule has 2 atom stereocenters. The van der Waals surface area contributed by atoms with Gasteiger partial charge in [-0.05, 0) is 30.0 Å². The number of hydrogen-bond acceptors (Lipinski definition) is 2. The highest BCUT2D eigenvalue weighted by Crippen LogP contribution is 2.34. The van der Waals surface area contributed by atoms with Crippen LogP contribution in [0.1, 0.15) is 43.9 Å². The lowest BCUT2D eigenvalue weighted by Gasteiger charge is -2.24. The summed E-state index contributed by atoms with van der Waals surface area (Å²) in [4.78, 5) is 0. The van der Waals surface area contributed by atoms with Gasteiger partial charge in [-0.1, -0.05) is 26.3 Å². The molecule has 1 aromatic rings. The number of rotatable bonds is 5. The summed E-state index contributed by atoms with van der Waals surface area (Å²) in [6, 6.07) is 2.57. The third-order valence-electron chi connectivity index (χ3n) is 3.15. The molecule has 0 aliphatic heterocycles. The van der Waals surface area contributed by atoms with Crippen molar-refractivity contribution in [3.63, 3.8) is 0 Å². The van der Waals surface area contributed by atoms with Crippen LogP contribution in [-0.4, -0.2) is 0 Å². The summed E-state index contributed by atoms with van der Waals surface area (Å²) in [6.07, 6.45) is -2.99. The molecule has 2 unspecified atom stereocenters. The van der Waals surface area contributed by atoms with Gasteiger partial charge < -0.3 is 0 Å². The van der Waals surface area contributed by atoms with Crippen molar-refractivity contribution in [1.82, 2.24) is 5.43 Å². The monoisotopic (exact) mass is 278 g/mol. The fraction of sp³-hybridized carbons (Fsp3) is 0.538. The molecule has 108 valence electrons. The molecule has 19 heavy (non-hydrogen) atoms. The molecule has 0 aromatic heterocycles. The van der Waals surface area contributed by atoms with Crippen molar-refractivity contribution in [1.29, 1.82) is 0 Å². The number of benzene rings is 1. The minimum absolute atomic E-state index is 0.0570. The molecule has 0 fully saturated rings. The first kappa shape index (κ1) is 15.9. The molecular formula is C13H18F4N2. The van der Waals surface area contributed by atoms with Gasteiger partial charge in [-0.25, -0.2) is 4.39 Å². The lowest BCUT2D eigenvalue weighted by Crippen LogP contribution is -2.32. The van der Waals surface area contributed by atoms with E-state index in [1.54, 1.807) is 0 Å². The smallest absolute Gasteiger partial charge is 0.271 e. The average molecular weight is 278 g/mol. The maximum Gasteiger partial charge on any atom is 0.419 e. The summed E-state index contributed by atoms with van der Waals surface area (Å²) in [6.45, 7) is 3.88. The van der Waals surface area contributed by atoms with E-state index in [1.165, 1.54) is 6.07 Å². The van der Waals surface area contributed by atoms with Crippen LogP contribution < -0.4 is 11.3 Å². The standard InChI is InChI=1S/C13H18F4N2/c1-3-4-8(2)12(19-18)9-5-6-11(14)10(7-9)13(15,16)17/h5-8,12,19H,3-4,18H2,1-2H3. The second-order valence-corrected chi connectivity index (χ2v) is 4.65. The largest absolute Gasteiger partial charge is 0.419 e. The maximum atomic E-state index is 13.2. The molecule has 0 spiro atoms. The number of nitrogens with two attached hydrogens (primary N) is 1. The predicted molar refractivity (Wildman–Crippen MR) is 65.5 cm³/mol. The van der Waals surface area contributed by atoms with E-state index in [1.807, 2.05) is 13.8 Å². The van der Waals surface area contributed by atoms with Crippen molar-refractivity contribution >= 4 is 0 Å². The second kappa shape index (κ2) is 6.34. The first-order chi connectivity index (χ1) is 8.81. The van der Waals surface area contributed by atoms with Gasteiger partial charge in [-0.15, -0.1) is 0 Å². The van der Waals surface area contributed by atoms with Crippen LogP contribution in [0.3, 0.4) is 0 Å². The molecule has 0 amide bonds. The molecular weight excluding hydrogens is 260 g/mol. The van der Waals surface area contributed by atoms with Gasteiger partial charge in [-0.2, -0.15) is 13.2 Å². The van der Waals surface area contributed by atoms with Gasteiger partial charge in [0.25, 0.3) is 0 Å². The molecule has 0 heterocycles. The highest BCUT2D eigenvalue weighted by Gasteiger charge is 2.35. The molecule has 3 N–H and O–H groups in total. The number of alkyl halides is 3. The van der Waals surface area contributed by atoms with Crippen LogP contribution in [0.25, 0.3) is 0 Å². The SMILES string of the molecule is CCCC(C)C(NN)c1ccc(F)c(C(F)(F)F)c1. The Labute approximate surface area is 110 Å². The van der Waals surface area contributed by atoms with Crippen LogP contribution in [0, 0.1) is 11.7 Å². The third kappa shape index (κ3) is 3.91. The summed E-state index contributed by atoms with van der Waals surface area (Å²) in [7, 11) is 0. The zero-order chi connectivity index (χ0) is 14.6. The summed E-state index contributed by atoms with van der Waals surface area (Å²) in [5.74, 6) is 4.20. The molecule has 0 saturated carbocycles. The topological polar surface area (TPSA) is 38.0 Å². The predicted octanol–water partition coefficient (Wildman–Crippen LogP) is 3.79. The van der Waals surface area contributed by atoms with E-state index in [0.717, 1.165) is 25.0 Å². The van der Waals surface area contributed by atoms with Gasteiger partial charge >= 0.3 is 6.18 Å². The van der Waals surface area contributed by atoms with E-state index in [0.29, 0.717) is 5.56 Å². The van der Waals surface area contributed by atoms with Crippen LogP contribution in [0.5, 0.6) is 0 Å². The third-order valence-corrected chi connectivity index (χ3v) is 3.15. The number of halogens is 4. The van der Waals surface area contributed by atoms with Crippen molar-refractivity contribution in [2.45, 2.75) is 38.9 Å². The first-order valence-electron chi connectivity index (χ1n) is 6.14. The quantitative estimate of drug-likeness (QED) is 0.488. The lowest BCUT2D eigenvalue weighted by atomic mass is 9.90. The van der Waals surface area contributed by atoms with E-state index in [2.05, 4.69) is 5.43 Å². The normalized spacial score (nSPS) is 15.3. The van der Waals surface area contributed by atoms with Crippen LogP contribution in [0.15, 0.2) is 18.2 Å². The summed E-state index contributed by atoms with van der Waals surface area (Å²) in [5.41, 5.74) is 1.60. The Morgan fingerprint density at radius 1 is 1.32 bits per heavy atom. The minimum atomic E-state index is -4.70. The van der Waals surface area contributed by atoms with E-state index >= 15 is 0 Å². The molecule has 0 saturated heterocycles. The van der Waals surface area contributed by atoms with Crippen LogP contribution in [0.2, 0.25) is 0 Å². The molecule has 0 aliphatic rings. The van der Waals surface area contributed by atoms with Crippen LogP contribution >= 0.6 is 0 Å². The Morgan fingerprint density at radius 3 is 2.42 bits per heavy atom. The maximum absolute atomic E-state index is 13.2. The fourth-order valence-electron chi connectivity index (χ4n) is 2.16. The van der Waals surface area contributed by atoms with E-state index < -0.39 is 23.6 Å². The van der Waals surface area contributed by atoms with Gasteiger partial charge in [0.1, 0.15) is 5.82 Å². The Morgan fingerprint density at radius 2 is 1.95 bits per heavy atom. The van der Waals surface area contributed by atoms with Gasteiger partial charge in [0.2, 0.25) is 0 Å². The molecule has 1 rings (SSSR count). The molecule has 6 heteroatoms. The molecule has 0 radical (unpaired) electrons. The van der Waals surface area contributed by atoms with Crippen molar-refractivity contribution in [3.8, 4) is 0 Å². The van der Waals surface area contributed by atoms with Crippen LogP contribution in [-0.2, 0) is 6.18 Å². The zero-order valence-electron chi connectivity index (χ0n) is 10.9. The van der Waals surface area contributed by atoms with E-state index in [-0.39, 0.29) is 5.92 Å². The highest BCUT2D eigenvalue weighted by atomic mass is 19.4. The Kier molecular flexibility index (Phi) is 5.31. The molecule has 0 bridgehead atoms. The Bertz CT molecular complexity index is 418. The summed E-state index contributed by atoms with van der Waals surface area (Å²) in [5, 5.41) is 0. The number of hydrazine groups is 1. The zero-order valence-corrected chi connectivity index (χ0v) is 10.9. The van der Waals surface area contributed by atoms with E-state index in [4.69, 9.17) is 5.84 Å². The van der Waals surface area contributed by atoms with Crippen molar-refractivity contribution in [2.75, 3.05) is 0 Å².